The summed E-state index contributed by atoms with van der Waals surface area (Å²) in [7, 11) is -3.48. The van der Waals surface area contributed by atoms with Crippen molar-refractivity contribution in [2.75, 3.05) is 12.0 Å². The molecule has 0 aliphatic heterocycles. The number of nitrogens with one attached hydrogen (secondary N) is 1. The predicted molar refractivity (Wildman–Crippen MR) is 85.5 cm³/mol. The number of hydrogen-bond donors (Lipinski definition) is 2. The van der Waals surface area contributed by atoms with E-state index in [0.29, 0.717) is 17.4 Å². The molecule has 6 heteroatoms. The molecule has 0 atom stereocenters. The van der Waals surface area contributed by atoms with E-state index in [2.05, 4.69) is 5.43 Å². The normalized spacial score (nSPS) is 15.8. The highest BCUT2D eigenvalue weighted by Crippen LogP contribution is 2.34. The molecule has 3 N–H and O–H groups in total. The summed E-state index contributed by atoms with van der Waals surface area (Å²) in [5.74, 6) is 5.94. The molecule has 118 valence electrons. The average molecular weight is 311 g/mol. The van der Waals surface area contributed by atoms with Crippen molar-refractivity contribution in [1.29, 1.82) is 0 Å². The average Bonchev–Trinajstić information content (AvgIpc) is 3.17. The summed E-state index contributed by atoms with van der Waals surface area (Å²) in [5, 5.41) is 0. The SMILES string of the molecule is Cc1cc(NN)cc(C)c1S(=O)(=O)N(CC1CC1)C(C)C. The lowest BCUT2D eigenvalue weighted by molar-refractivity contribution is 0.341. The first-order valence-electron chi connectivity index (χ1n) is 7.37. The lowest BCUT2D eigenvalue weighted by Crippen LogP contribution is -2.39. The molecule has 1 aliphatic carbocycles. The molecule has 2 rings (SSSR count). The van der Waals surface area contributed by atoms with Gasteiger partial charge >= 0.3 is 0 Å². The number of aryl methyl sites for hydroxylation is 2. The number of hydrazine groups is 1. The standard InChI is InChI=1S/C15H25N3O2S/c1-10(2)18(9-13-5-6-13)21(19,20)15-11(3)7-14(17-16)8-12(15)4/h7-8,10,13,17H,5-6,9,16H2,1-4H3. The van der Waals surface area contributed by atoms with Crippen molar-refractivity contribution in [1.82, 2.24) is 4.31 Å². The van der Waals surface area contributed by atoms with Crippen molar-refractivity contribution >= 4 is 15.7 Å². The van der Waals surface area contributed by atoms with Gasteiger partial charge in [-0.05, 0) is 69.7 Å². The van der Waals surface area contributed by atoms with E-state index in [1.54, 1.807) is 16.4 Å². The molecule has 0 spiro atoms. The van der Waals surface area contributed by atoms with Crippen LogP contribution in [0.3, 0.4) is 0 Å². The molecule has 5 nitrogen and oxygen atoms in total. The van der Waals surface area contributed by atoms with Gasteiger partial charge in [-0.2, -0.15) is 4.31 Å². The van der Waals surface area contributed by atoms with Gasteiger partial charge < -0.3 is 5.43 Å². The van der Waals surface area contributed by atoms with E-state index in [0.717, 1.165) is 29.7 Å². The number of sulfonamides is 1. The Morgan fingerprint density at radius 3 is 2.19 bits per heavy atom. The van der Waals surface area contributed by atoms with Crippen LogP contribution in [0.2, 0.25) is 0 Å². The largest absolute Gasteiger partial charge is 0.324 e. The quantitative estimate of drug-likeness (QED) is 0.625. The fourth-order valence-corrected chi connectivity index (χ4v) is 4.83. The van der Waals surface area contributed by atoms with Crippen LogP contribution in [0.4, 0.5) is 5.69 Å². The van der Waals surface area contributed by atoms with E-state index in [-0.39, 0.29) is 6.04 Å². The van der Waals surface area contributed by atoms with Crippen molar-refractivity contribution in [3.8, 4) is 0 Å². The third kappa shape index (κ3) is 3.39. The molecular weight excluding hydrogens is 286 g/mol. The fourth-order valence-electron chi connectivity index (χ4n) is 2.70. The molecule has 21 heavy (non-hydrogen) atoms. The van der Waals surface area contributed by atoms with Crippen LogP contribution >= 0.6 is 0 Å². The Morgan fingerprint density at radius 2 is 1.81 bits per heavy atom. The van der Waals surface area contributed by atoms with Crippen LogP contribution < -0.4 is 11.3 Å². The minimum absolute atomic E-state index is 0.0401. The van der Waals surface area contributed by atoms with Gasteiger partial charge in [0.15, 0.2) is 0 Å². The van der Waals surface area contributed by atoms with E-state index in [1.165, 1.54) is 0 Å². The molecule has 1 saturated carbocycles. The minimum atomic E-state index is -3.48. The summed E-state index contributed by atoms with van der Waals surface area (Å²) in [6.07, 6.45) is 2.26. The molecule has 0 aromatic heterocycles. The van der Waals surface area contributed by atoms with Crippen LogP contribution in [0.15, 0.2) is 17.0 Å². The zero-order valence-corrected chi connectivity index (χ0v) is 14.0. The molecule has 0 unspecified atom stereocenters. The Hall–Kier alpha value is -1.11. The number of nitrogen functional groups attached to an aromatic ring is 1. The first kappa shape index (κ1) is 16.3. The Morgan fingerprint density at radius 1 is 1.29 bits per heavy atom. The summed E-state index contributed by atoms with van der Waals surface area (Å²) in [6, 6.07) is 3.51. The molecule has 1 aromatic rings. The van der Waals surface area contributed by atoms with Gasteiger partial charge in [0.05, 0.1) is 4.90 Å². The lowest BCUT2D eigenvalue weighted by atomic mass is 10.1. The lowest BCUT2D eigenvalue weighted by Gasteiger charge is -2.27. The molecule has 1 fully saturated rings. The van der Waals surface area contributed by atoms with Gasteiger partial charge in [-0.15, -0.1) is 0 Å². The monoisotopic (exact) mass is 311 g/mol. The number of nitrogens with two attached hydrogens (primary N) is 1. The molecule has 0 heterocycles. The Labute approximate surface area is 127 Å². The highest BCUT2D eigenvalue weighted by Gasteiger charge is 2.34. The van der Waals surface area contributed by atoms with Crippen LogP contribution in [0.5, 0.6) is 0 Å². The third-order valence-corrected chi connectivity index (χ3v) is 6.25. The van der Waals surface area contributed by atoms with E-state index in [4.69, 9.17) is 5.84 Å². The summed E-state index contributed by atoms with van der Waals surface area (Å²) in [4.78, 5) is 0.413. The molecule has 1 aliphatic rings. The van der Waals surface area contributed by atoms with Gasteiger partial charge in [-0.3, -0.25) is 5.84 Å². The second kappa shape index (κ2) is 5.94. The topological polar surface area (TPSA) is 75.4 Å². The first-order chi connectivity index (χ1) is 9.77. The molecule has 0 saturated heterocycles. The zero-order valence-electron chi connectivity index (χ0n) is 13.2. The first-order valence-corrected chi connectivity index (χ1v) is 8.81. The summed E-state index contributed by atoms with van der Waals surface area (Å²) in [5.41, 5.74) is 4.75. The highest BCUT2D eigenvalue weighted by molar-refractivity contribution is 7.89. The second-order valence-corrected chi connectivity index (χ2v) is 8.02. The van der Waals surface area contributed by atoms with E-state index < -0.39 is 10.0 Å². The van der Waals surface area contributed by atoms with E-state index in [1.807, 2.05) is 27.7 Å². The predicted octanol–water partition coefficient (Wildman–Crippen LogP) is 2.40. The molecule has 1 aromatic carbocycles. The minimum Gasteiger partial charge on any atom is -0.324 e. The Bertz CT molecular complexity index is 599. The van der Waals surface area contributed by atoms with Crippen LogP contribution in [-0.4, -0.2) is 25.3 Å². The smallest absolute Gasteiger partial charge is 0.243 e. The third-order valence-electron chi connectivity index (χ3n) is 3.90. The van der Waals surface area contributed by atoms with E-state index >= 15 is 0 Å². The van der Waals surface area contributed by atoms with Crippen LogP contribution in [0, 0.1) is 19.8 Å². The number of hydrogen-bond acceptors (Lipinski definition) is 4. The molecule has 0 amide bonds. The molecule has 0 bridgehead atoms. The summed E-state index contributed by atoms with van der Waals surface area (Å²) >= 11 is 0. The number of benzene rings is 1. The van der Waals surface area contributed by atoms with Crippen molar-refractivity contribution in [2.24, 2.45) is 11.8 Å². The number of nitrogens with zero attached hydrogens (tertiary/aromatic N) is 1. The van der Waals surface area contributed by atoms with Gasteiger partial charge in [0.1, 0.15) is 0 Å². The maximum Gasteiger partial charge on any atom is 0.243 e. The fraction of sp³-hybridized carbons (Fsp3) is 0.600. The maximum absolute atomic E-state index is 13.1. The molecular formula is C15H25N3O2S. The maximum atomic E-state index is 13.1. The summed E-state index contributed by atoms with van der Waals surface area (Å²) in [6.45, 7) is 8.11. The van der Waals surface area contributed by atoms with Crippen molar-refractivity contribution in [3.05, 3.63) is 23.3 Å². The molecule has 0 radical (unpaired) electrons. The van der Waals surface area contributed by atoms with Crippen molar-refractivity contribution in [2.45, 2.75) is 51.5 Å². The van der Waals surface area contributed by atoms with Gasteiger partial charge in [0, 0.05) is 18.3 Å². The number of rotatable bonds is 6. The second-order valence-electron chi connectivity index (χ2n) is 6.20. The summed E-state index contributed by atoms with van der Waals surface area (Å²) < 4.78 is 27.7. The van der Waals surface area contributed by atoms with Crippen molar-refractivity contribution < 1.29 is 8.42 Å². The van der Waals surface area contributed by atoms with Gasteiger partial charge in [-0.1, -0.05) is 0 Å². The zero-order chi connectivity index (χ0) is 15.8. The Balaban J connectivity index is 2.46. The van der Waals surface area contributed by atoms with Crippen LogP contribution in [0.25, 0.3) is 0 Å². The van der Waals surface area contributed by atoms with Crippen LogP contribution in [-0.2, 0) is 10.0 Å². The van der Waals surface area contributed by atoms with Gasteiger partial charge in [-0.25, -0.2) is 8.42 Å². The van der Waals surface area contributed by atoms with Crippen LogP contribution in [0.1, 0.15) is 37.8 Å². The van der Waals surface area contributed by atoms with E-state index in [9.17, 15) is 8.42 Å². The Kier molecular flexibility index (Phi) is 4.60. The highest BCUT2D eigenvalue weighted by atomic mass is 32.2. The van der Waals surface area contributed by atoms with Gasteiger partial charge in [0.2, 0.25) is 10.0 Å². The van der Waals surface area contributed by atoms with Crippen molar-refractivity contribution in [3.63, 3.8) is 0 Å². The number of anilines is 1. The van der Waals surface area contributed by atoms with Gasteiger partial charge in [0.25, 0.3) is 0 Å².